The van der Waals surface area contributed by atoms with Crippen molar-refractivity contribution in [3.63, 3.8) is 0 Å². The second-order valence-electron chi connectivity index (χ2n) is 7.22. The number of benzene rings is 2. The predicted molar refractivity (Wildman–Crippen MR) is 111 cm³/mol. The highest BCUT2D eigenvalue weighted by atomic mass is 16.5. The topological polar surface area (TPSA) is 105 Å². The van der Waals surface area contributed by atoms with Crippen LogP contribution in [0.3, 0.4) is 0 Å². The van der Waals surface area contributed by atoms with Crippen molar-refractivity contribution in [2.45, 2.75) is 24.5 Å². The maximum atomic E-state index is 12.1. The number of carbonyl (C=O) groups is 1. The number of hydrogen-bond acceptors (Lipinski definition) is 6. The minimum Gasteiger partial charge on any atom is -0.449 e. The van der Waals surface area contributed by atoms with Crippen LogP contribution in [-0.2, 0) is 4.74 Å². The molecule has 2 unspecified atom stereocenters. The number of alkyl carbamates (subject to hydrolysis) is 1. The molecule has 1 aliphatic rings. The van der Waals surface area contributed by atoms with E-state index >= 15 is 0 Å². The lowest BCUT2D eigenvalue weighted by atomic mass is 9.98. The summed E-state index contributed by atoms with van der Waals surface area (Å²) >= 11 is 0. The number of carbonyl (C=O) groups excluding carboxylic acids is 1. The molecule has 3 N–H and O–H groups in total. The maximum absolute atomic E-state index is 12.1. The smallest absolute Gasteiger partial charge is 0.407 e. The first-order valence-electron chi connectivity index (χ1n) is 9.85. The Morgan fingerprint density at radius 1 is 1.00 bits per heavy atom. The summed E-state index contributed by atoms with van der Waals surface area (Å²) in [5.41, 5.74) is 5.06. The van der Waals surface area contributed by atoms with Gasteiger partial charge in [0.2, 0.25) is 0 Å². The van der Waals surface area contributed by atoms with E-state index in [0.717, 1.165) is 11.1 Å². The van der Waals surface area contributed by atoms with E-state index in [2.05, 4.69) is 39.6 Å². The number of ether oxygens (including phenoxy) is 1. The van der Waals surface area contributed by atoms with Gasteiger partial charge in [-0.15, -0.1) is 0 Å². The molecular weight excluding hydrogens is 382 g/mol. The van der Waals surface area contributed by atoms with E-state index in [-0.39, 0.29) is 25.5 Å². The van der Waals surface area contributed by atoms with Crippen LogP contribution in [0, 0.1) is 0 Å². The summed E-state index contributed by atoms with van der Waals surface area (Å²) in [6.07, 6.45) is 1.68. The van der Waals surface area contributed by atoms with Crippen molar-refractivity contribution in [1.29, 1.82) is 0 Å². The highest BCUT2D eigenvalue weighted by Crippen LogP contribution is 2.44. The molecule has 154 valence electrons. The molecule has 1 amide bonds. The number of nitrogens with zero attached hydrogens (tertiary/aromatic N) is 2. The number of rotatable bonds is 7. The van der Waals surface area contributed by atoms with Crippen molar-refractivity contribution in [2.75, 3.05) is 13.2 Å². The summed E-state index contributed by atoms with van der Waals surface area (Å²) in [6.45, 7) is 0.398. The molecule has 0 spiro atoms. The van der Waals surface area contributed by atoms with E-state index in [1.807, 2.05) is 24.3 Å². The number of aliphatic hydroxyl groups excluding tert-OH is 2. The predicted octanol–water partition coefficient (Wildman–Crippen LogP) is 2.80. The molecule has 1 heterocycles. The summed E-state index contributed by atoms with van der Waals surface area (Å²) in [4.78, 5) is 19.8. The van der Waals surface area contributed by atoms with Gasteiger partial charge in [-0.1, -0.05) is 48.5 Å². The van der Waals surface area contributed by atoms with Gasteiger partial charge in [-0.3, -0.25) is 0 Å². The second-order valence-corrected chi connectivity index (χ2v) is 7.22. The van der Waals surface area contributed by atoms with Crippen molar-refractivity contribution >= 4 is 6.09 Å². The Morgan fingerprint density at radius 3 is 2.23 bits per heavy atom. The average molecular weight is 405 g/mol. The highest BCUT2D eigenvalue weighted by molar-refractivity contribution is 5.79. The van der Waals surface area contributed by atoms with Crippen molar-refractivity contribution in [3.05, 3.63) is 83.9 Å². The Labute approximate surface area is 174 Å². The molecule has 2 aromatic carbocycles. The molecule has 0 radical (unpaired) electrons. The normalized spacial score (nSPS) is 14.5. The van der Waals surface area contributed by atoms with E-state index in [9.17, 15) is 15.0 Å². The maximum Gasteiger partial charge on any atom is 0.407 e. The Hall–Kier alpha value is -3.29. The van der Waals surface area contributed by atoms with Crippen LogP contribution >= 0.6 is 0 Å². The average Bonchev–Trinajstić information content (AvgIpc) is 3.11. The molecule has 0 fully saturated rings. The zero-order valence-corrected chi connectivity index (χ0v) is 16.3. The number of aromatic nitrogens is 2. The van der Waals surface area contributed by atoms with Gasteiger partial charge in [-0.2, -0.15) is 0 Å². The van der Waals surface area contributed by atoms with E-state index < -0.39 is 18.3 Å². The van der Waals surface area contributed by atoms with Crippen LogP contribution in [0.5, 0.6) is 0 Å². The monoisotopic (exact) mass is 405 g/mol. The molecule has 30 heavy (non-hydrogen) atoms. The minimum atomic E-state index is -1.12. The minimum absolute atomic E-state index is 0.00589. The SMILES string of the molecule is O=C(NCCC(O)C(O)c1cncnc1)OCC1c2ccccc2-c2ccccc21. The largest absolute Gasteiger partial charge is 0.449 e. The van der Waals surface area contributed by atoms with Crippen molar-refractivity contribution in [2.24, 2.45) is 0 Å². The Morgan fingerprint density at radius 2 is 1.60 bits per heavy atom. The molecule has 0 saturated heterocycles. The number of hydrogen-bond donors (Lipinski definition) is 3. The fraction of sp³-hybridized carbons (Fsp3) is 0.261. The molecule has 0 bridgehead atoms. The molecule has 7 heteroatoms. The third-order valence-electron chi connectivity index (χ3n) is 5.34. The van der Waals surface area contributed by atoms with E-state index in [1.54, 1.807) is 0 Å². The molecule has 2 atom stereocenters. The quantitative estimate of drug-likeness (QED) is 0.558. The molecular formula is C23H23N3O4. The summed E-state index contributed by atoms with van der Waals surface area (Å²) in [5.74, 6) is -0.00589. The first-order chi connectivity index (χ1) is 14.6. The van der Waals surface area contributed by atoms with Gasteiger partial charge in [-0.05, 0) is 28.7 Å². The fourth-order valence-electron chi connectivity index (χ4n) is 3.81. The number of aliphatic hydroxyl groups is 2. The molecule has 7 nitrogen and oxygen atoms in total. The Bertz CT molecular complexity index is 967. The first-order valence-corrected chi connectivity index (χ1v) is 9.85. The highest BCUT2D eigenvalue weighted by Gasteiger charge is 2.29. The van der Waals surface area contributed by atoms with E-state index in [0.29, 0.717) is 5.56 Å². The summed E-state index contributed by atoms with van der Waals surface area (Å²) in [6, 6.07) is 16.3. The van der Waals surface area contributed by atoms with Crippen molar-refractivity contribution in [3.8, 4) is 11.1 Å². The number of fused-ring (bicyclic) bond motifs is 3. The molecule has 0 aliphatic heterocycles. The van der Waals surface area contributed by atoms with Gasteiger partial charge >= 0.3 is 6.09 Å². The van der Waals surface area contributed by atoms with Crippen LogP contribution in [0.2, 0.25) is 0 Å². The fourth-order valence-corrected chi connectivity index (χ4v) is 3.81. The zero-order valence-electron chi connectivity index (χ0n) is 16.3. The molecule has 4 rings (SSSR count). The van der Waals surface area contributed by atoms with Gasteiger partial charge in [0.1, 0.15) is 19.0 Å². The molecule has 1 aliphatic carbocycles. The van der Waals surface area contributed by atoms with Gasteiger partial charge in [0.15, 0.2) is 0 Å². The lowest BCUT2D eigenvalue weighted by molar-refractivity contribution is 0.0132. The van der Waals surface area contributed by atoms with Crippen LogP contribution in [0.15, 0.2) is 67.3 Å². The van der Waals surface area contributed by atoms with Crippen LogP contribution in [0.4, 0.5) is 4.79 Å². The summed E-state index contributed by atoms with van der Waals surface area (Å²) < 4.78 is 5.45. The van der Waals surface area contributed by atoms with Gasteiger partial charge in [0, 0.05) is 30.4 Å². The number of nitrogens with one attached hydrogen (secondary N) is 1. The van der Waals surface area contributed by atoms with Crippen molar-refractivity contribution in [1.82, 2.24) is 15.3 Å². The lowest BCUT2D eigenvalue weighted by Crippen LogP contribution is -2.30. The molecule has 3 aromatic rings. The zero-order chi connectivity index (χ0) is 20.9. The summed E-state index contributed by atoms with van der Waals surface area (Å²) in [7, 11) is 0. The van der Waals surface area contributed by atoms with Crippen molar-refractivity contribution < 1.29 is 19.7 Å². The van der Waals surface area contributed by atoms with Gasteiger partial charge in [0.25, 0.3) is 0 Å². The van der Waals surface area contributed by atoms with E-state index in [4.69, 9.17) is 4.74 Å². The van der Waals surface area contributed by atoms with Crippen LogP contribution in [0.25, 0.3) is 11.1 Å². The van der Waals surface area contributed by atoms with Crippen LogP contribution < -0.4 is 5.32 Å². The molecule has 0 saturated carbocycles. The Balaban J connectivity index is 1.28. The third-order valence-corrected chi connectivity index (χ3v) is 5.34. The van der Waals surface area contributed by atoms with Crippen LogP contribution in [-0.4, -0.2) is 45.5 Å². The van der Waals surface area contributed by atoms with Gasteiger partial charge in [-0.25, -0.2) is 14.8 Å². The van der Waals surface area contributed by atoms with Gasteiger partial charge in [0.05, 0.1) is 6.10 Å². The lowest BCUT2D eigenvalue weighted by Gasteiger charge is -2.18. The van der Waals surface area contributed by atoms with Crippen LogP contribution in [0.1, 0.15) is 35.1 Å². The Kier molecular flexibility index (Phi) is 6.02. The summed E-state index contributed by atoms with van der Waals surface area (Å²) in [5, 5.41) is 22.8. The second kappa shape index (κ2) is 9.02. The van der Waals surface area contributed by atoms with E-state index in [1.165, 1.54) is 29.8 Å². The standard InChI is InChI=1S/C23H23N3O4/c27-21(22(28)15-11-24-14-25-12-15)9-10-26-23(29)30-13-20-18-7-3-1-5-16(18)17-6-2-4-8-19(17)20/h1-8,11-12,14,20-22,27-28H,9-10,13H2,(H,26,29). The molecule has 1 aromatic heterocycles. The third kappa shape index (κ3) is 4.17. The first kappa shape index (κ1) is 20.0. The number of amides is 1. The van der Waals surface area contributed by atoms with Gasteiger partial charge < -0.3 is 20.3 Å².